The van der Waals surface area contributed by atoms with Crippen LogP contribution in [-0.4, -0.2) is 31.4 Å². The zero-order valence-electron chi connectivity index (χ0n) is 11.3. The third-order valence-corrected chi connectivity index (χ3v) is 3.22. The molecule has 6 nitrogen and oxygen atoms in total. The van der Waals surface area contributed by atoms with Crippen molar-refractivity contribution in [3.63, 3.8) is 0 Å². The Hall–Kier alpha value is -2.54. The summed E-state index contributed by atoms with van der Waals surface area (Å²) in [7, 11) is 0. The summed E-state index contributed by atoms with van der Waals surface area (Å²) < 4.78 is 0. The molecule has 1 N–H and O–H groups in total. The summed E-state index contributed by atoms with van der Waals surface area (Å²) in [5.41, 5.74) is 1.83. The van der Waals surface area contributed by atoms with Crippen LogP contribution in [0.2, 0.25) is 0 Å². The molecule has 2 heterocycles. The molecule has 0 amide bonds. The van der Waals surface area contributed by atoms with Crippen molar-refractivity contribution in [2.24, 2.45) is 0 Å². The van der Waals surface area contributed by atoms with Gasteiger partial charge in [-0.1, -0.05) is 23.9 Å². The second-order valence-corrected chi connectivity index (χ2v) is 4.88. The Morgan fingerprint density at radius 1 is 1.10 bits per heavy atom. The predicted molar refractivity (Wildman–Crippen MR) is 82.4 cm³/mol. The highest BCUT2D eigenvalue weighted by atomic mass is 32.2. The molecule has 1 aromatic carbocycles. The number of nitrogens with one attached hydrogen (secondary N) is 1. The van der Waals surface area contributed by atoms with E-state index in [2.05, 4.69) is 30.5 Å². The fourth-order valence-electron chi connectivity index (χ4n) is 1.77. The first-order valence-electron chi connectivity index (χ1n) is 6.23. The van der Waals surface area contributed by atoms with Crippen LogP contribution < -0.4 is 5.32 Å². The lowest BCUT2D eigenvalue weighted by atomic mass is 10.2. The molecule has 0 saturated carbocycles. The molecule has 0 bridgehead atoms. The van der Waals surface area contributed by atoms with Crippen molar-refractivity contribution in [3.8, 4) is 11.4 Å². The Balaban J connectivity index is 1.86. The molecule has 0 radical (unpaired) electrons. The van der Waals surface area contributed by atoms with E-state index in [0.29, 0.717) is 16.8 Å². The van der Waals surface area contributed by atoms with Crippen LogP contribution >= 0.6 is 11.8 Å². The molecule has 0 aliphatic carbocycles. The van der Waals surface area contributed by atoms with Gasteiger partial charge in [0.05, 0.1) is 6.20 Å². The first kappa shape index (κ1) is 13.4. The molecule has 7 heteroatoms. The smallest absolute Gasteiger partial charge is 0.210 e. The van der Waals surface area contributed by atoms with Crippen LogP contribution in [-0.2, 0) is 0 Å². The number of hydrogen-bond donors (Lipinski definition) is 1. The molecule has 0 atom stereocenters. The third-order valence-electron chi connectivity index (χ3n) is 2.68. The van der Waals surface area contributed by atoms with Crippen molar-refractivity contribution in [3.05, 3.63) is 48.9 Å². The molecule has 0 unspecified atom stereocenters. The standard InChI is InChI=1S/C14H12N6S/c1-21-14-19-12(9-17-20-14)18-11-5-2-4-10(8-11)13-15-6-3-7-16-13/h2-9H,1H3,(H,18,19,20). The highest BCUT2D eigenvalue weighted by molar-refractivity contribution is 7.98. The van der Waals surface area contributed by atoms with E-state index in [1.54, 1.807) is 24.7 Å². The molecule has 104 valence electrons. The monoisotopic (exact) mass is 296 g/mol. The first-order chi connectivity index (χ1) is 10.3. The number of aromatic nitrogens is 5. The van der Waals surface area contributed by atoms with Crippen molar-refractivity contribution in [2.45, 2.75) is 5.16 Å². The average Bonchev–Trinajstić information content (AvgIpc) is 2.56. The molecule has 2 aromatic heterocycles. The summed E-state index contributed by atoms with van der Waals surface area (Å²) in [6.45, 7) is 0. The lowest BCUT2D eigenvalue weighted by Crippen LogP contribution is -1.98. The Labute approximate surface area is 126 Å². The first-order valence-corrected chi connectivity index (χ1v) is 7.46. The van der Waals surface area contributed by atoms with Crippen LogP contribution in [0.15, 0.2) is 54.1 Å². The van der Waals surface area contributed by atoms with Gasteiger partial charge in [-0.05, 0) is 24.5 Å². The lowest BCUT2D eigenvalue weighted by molar-refractivity contribution is 0.846. The van der Waals surface area contributed by atoms with Gasteiger partial charge in [-0.3, -0.25) is 0 Å². The Bertz CT molecular complexity index is 734. The largest absolute Gasteiger partial charge is 0.339 e. The van der Waals surface area contributed by atoms with Gasteiger partial charge in [0.1, 0.15) is 0 Å². The molecule has 0 aliphatic heterocycles. The molecule has 21 heavy (non-hydrogen) atoms. The highest BCUT2D eigenvalue weighted by Gasteiger charge is 2.03. The predicted octanol–water partition coefficient (Wildman–Crippen LogP) is 2.79. The van der Waals surface area contributed by atoms with Gasteiger partial charge in [-0.25, -0.2) is 15.0 Å². The van der Waals surface area contributed by atoms with Crippen molar-refractivity contribution in [2.75, 3.05) is 11.6 Å². The van der Waals surface area contributed by atoms with E-state index in [9.17, 15) is 0 Å². The van der Waals surface area contributed by atoms with Crippen LogP contribution in [0.3, 0.4) is 0 Å². The van der Waals surface area contributed by atoms with Crippen LogP contribution in [0.25, 0.3) is 11.4 Å². The van der Waals surface area contributed by atoms with Gasteiger partial charge in [0.2, 0.25) is 5.16 Å². The van der Waals surface area contributed by atoms with E-state index in [1.807, 2.05) is 30.5 Å². The number of hydrogen-bond acceptors (Lipinski definition) is 7. The molecular formula is C14H12N6S. The number of benzene rings is 1. The fourth-order valence-corrected chi connectivity index (χ4v) is 2.08. The lowest BCUT2D eigenvalue weighted by Gasteiger charge is -2.07. The molecule has 3 aromatic rings. The quantitative estimate of drug-likeness (QED) is 0.742. The van der Waals surface area contributed by atoms with E-state index in [0.717, 1.165) is 11.3 Å². The Morgan fingerprint density at radius 2 is 1.95 bits per heavy atom. The van der Waals surface area contributed by atoms with E-state index >= 15 is 0 Å². The van der Waals surface area contributed by atoms with Gasteiger partial charge < -0.3 is 5.32 Å². The van der Waals surface area contributed by atoms with Crippen molar-refractivity contribution < 1.29 is 0 Å². The molecule has 3 rings (SSSR count). The summed E-state index contributed by atoms with van der Waals surface area (Å²) in [6.07, 6.45) is 6.95. The maximum Gasteiger partial charge on any atom is 0.210 e. The third kappa shape index (κ3) is 3.32. The van der Waals surface area contributed by atoms with Gasteiger partial charge in [0, 0.05) is 23.6 Å². The summed E-state index contributed by atoms with van der Waals surface area (Å²) in [5, 5.41) is 11.7. The van der Waals surface area contributed by atoms with Crippen molar-refractivity contribution >= 4 is 23.3 Å². The second-order valence-electron chi connectivity index (χ2n) is 4.11. The van der Waals surface area contributed by atoms with Gasteiger partial charge >= 0.3 is 0 Å². The number of thioether (sulfide) groups is 1. The second kappa shape index (κ2) is 6.27. The minimum Gasteiger partial charge on any atom is -0.339 e. The Morgan fingerprint density at radius 3 is 2.76 bits per heavy atom. The number of rotatable bonds is 4. The van der Waals surface area contributed by atoms with Crippen molar-refractivity contribution in [1.29, 1.82) is 0 Å². The molecular weight excluding hydrogens is 284 g/mol. The van der Waals surface area contributed by atoms with Crippen molar-refractivity contribution in [1.82, 2.24) is 25.1 Å². The topological polar surface area (TPSA) is 76.5 Å². The van der Waals surface area contributed by atoms with Gasteiger partial charge in [0.15, 0.2) is 11.6 Å². The van der Waals surface area contributed by atoms with Gasteiger partial charge in [-0.2, -0.15) is 5.10 Å². The molecule has 0 aliphatic rings. The van der Waals surface area contributed by atoms with E-state index in [1.165, 1.54) is 11.8 Å². The zero-order valence-corrected chi connectivity index (χ0v) is 12.1. The fraction of sp³-hybridized carbons (Fsp3) is 0.0714. The maximum atomic E-state index is 4.34. The maximum absolute atomic E-state index is 4.34. The minimum atomic E-state index is 0.627. The number of nitrogens with zero attached hydrogens (tertiary/aromatic N) is 5. The minimum absolute atomic E-state index is 0.627. The summed E-state index contributed by atoms with van der Waals surface area (Å²) in [6, 6.07) is 9.62. The molecule has 0 fully saturated rings. The average molecular weight is 296 g/mol. The van der Waals surface area contributed by atoms with Crippen LogP contribution in [0, 0.1) is 0 Å². The molecule has 0 saturated heterocycles. The number of anilines is 2. The normalized spacial score (nSPS) is 10.3. The zero-order chi connectivity index (χ0) is 14.5. The summed E-state index contributed by atoms with van der Waals surface area (Å²) in [5.74, 6) is 1.34. The Kier molecular flexibility index (Phi) is 4.02. The highest BCUT2D eigenvalue weighted by Crippen LogP contribution is 2.21. The van der Waals surface area contributed by atoms with E-state index in [-0.39, 0.29) is 0 Å². The van der Waals surface area contributed by atoms with Gasteiger partial charge in [-0.15, -0.1) is 5.10 Å². The van der Waals surface area contributed by atoms with Crippen LogP contribution in [0.4, 0.5) is 11.5 Å². The summed E-state index contributed by atoms with van der Waals surface area (Å²) in [4.78, 5) is 12.8. The van der Waals surface area contributed by atoms with E-state index in [4.69, 9.17) is 0 Å². The SMILES string of the molecule is CSc1nncc(Nc2cccc(-c3ncccn3)c2)n1. The summed E-state index contributed by atoms with van der Waals surface area (Å²) >= 11 is 1.45. The van der Waals surface area contributed by atoms with Gasteiger partial charge in [0.25, 0.3) is 0 Å². The van der Waals surface area contributed by atoms with E-state index < -0.39 is 0 Å². The van der Waals surface area contributed by atoms with Crippen LogP contribution in [0.5, 0.6) is 0 Å². The molecule has 0 spiro atoms. The van der Waals surface area contributed by atoms with Crippen LogP contribution in [0.1, 0.15) is 0 Å².